The van der Waals surface area contributed by atoms with Crippen molar-refractivity contribution in [1.29, 1.82) is 0 Å². The minimum Gasteiger partial charge on any atom is -0.470 e. The molecule has 2 saturated heterocycles. The minimum absolute atomic E-state index is 0.0213. The summed E-state index contributed by atoms with van der Waals surface area (Å²) in [7, 11) is 0. The number of hydrogen-bond donors (Lipinski definition) is 1. The van der Waals surface area contributed by atoms with Gasteiger partial charge in [-0.05, 0) is 38.8 Å². The smallest absolute Gasteiger partial charge is 0.234 e. The van der Waals surface area contributed by atoms with Crippen molar-refractivity contribution in [2.24, 2.45) is 21.9 Å². The van der Waals surface area contributed by atoms with Gasteiger partial charge in [-0.3, -0.25) is 9.69 Å². The van der Waals surface area contributed by atoms with Crippen molar-refractivity contribution in [3.63, 3.8) is 0 Å². The molecule has 3 fully saturated rings. The van der Waals surface area contributed by atoms with Crippen LogP contribution in [0.15, 0.2) is 5.16 Å². The second-order valence-corrected chi connectivity index (χ2v) is 8.58. The van der Waals surface area contributed by atoms with Gasteiger partial charge in [0.15, 0.2) is 6.61 Å². The van der Waals surface area contributed by atoms with Gasteiger partial charge in [0.25, 0.3) is 0 Å². The summed E-state index contributed by atoms with van der Waals surface area (Å²) in [5.41, 5.74) is -0.648. The standard InChI is InChI=1S/C19H31N3O3/c1-14(2)16(23)18-6-7-19(18,13-20-12-18)17-21-24-11-15(25-17)10-22-8-4-3-5-9-22/h14-15,20H,3-13H2,1-2H3/t15?,18-,19+/m0/s1. The Hall–Kier alpha value is -1.14. The number of nitrogens with zero attached hydrogens (tertiary/aromatic N) is 2. The second kappa shape index (κ2) is 6.54. The summed E-state index contributed by atoms with van der Waals surface area (Å²) in [6.07, 6.45) is 5.78. The molecule has 0 aromatic rings. The van der Waals surface area contributed by atoms with E-state index in [1.807, 2.05) is 13.8 Å². The number of ketones is 1. The van der Waals surface area contributed by atoms with Gasteiger partial charge in [0.05, 0.1) is 10.8 Å². The predicted molar refractivity (Wildman–Crippen MR) is 95.4 cm³/mol. The first-order valence-corrected chi connectivity index (χ1v) is 9.92. The Morgan fingerprint density at radius 1 is 1.28 bits per heavy atom. The van der Waals surface area contributed by atoms with E-state index >= 15 is 0 Å². The first-order chi connectivity index (χ1) is 12.1. The fraction of sp³-hybridized carbons (Fsp3) is 0.895. The summed E-state index contributed by atoms with van der Waals surface area (Å²) in [5.74, 6) is 1.05. The molecule has 0 amide bonds. The lowest BCUT2D eigenvalue weighted by Gasteiger charge is -2.54. The van der Waals surface area contributed by atoms with Crippen molar-refractivity contribution in [3.8, 4) is 0 Å². The van der Waals surface area contributed by atoms with Gasteiger partial charge >= 0.3 is 0 Å². The van der Waals surface area contributed by atoms with Crippen LogP contribution < -0.4 is 5.32 Å². The number of nitrogens with one attached hydrogen (secondary N) is 1. The highest BCUT2D eigenvalue weighted by Gasteiger charge is 2.70. The molecule has 4 aliphatic rings. The third kappa shape index (κ3) is 2.69. The average Bonchev–Trinajstić information content (AvgIpc) is 2.87. The summed E-state index contributed by atoms with van der Waals surface area (Å²) >= 11 is 0. The second-order valence-electron chi connectivity index (χ2n) is 8.58. The Kier molecular flexibility index (Phi) is 4.52. The van der Waals surface area contributed by atoms with Crippen LogP contribution in [0.4, 0.5) is 0 Å². The molecule has 6 nitrogen and oxygen atoms in total. The third-order valence-electron chi connectivity index (χ3n) is 6.75. The van der Waals surface area contributed by atoms with Crippen molar-refractivity contribution in [2.45, 2.75) is 52.1 Å². The SMILES string of the molecule is CC(C)C(=O)[C@@]12CC[C@]1(C1=NOCC(CN3CCCCC3)O1)CNC2. The first kappa shape index (κ1) is 17.3. The molecule has 25 heavy (non-hydrogen) atoms. The van der Waals surface area contributed by atoms with Crippen LogP contribution >= 0.6 is 0 Å². The van der Waals surface area contributed by atoms with Gasteiger partial charge in [0.2, 0.25) is 5.90 Å². The Balaban J connectivity index is 1.49. The summed E-state index contributed by atoms with van der Waals surface area (Å²) < 4.78 is 6.34. The van der Waals surface area contributed by atoms with Gasteiger partial charge in [0.1, 0.15) is 11.9 Å². The molecule has 0 aromatic heterocycles. The molecule has 140 valence electrons. The highest BCUT2D eigenvalue weighted by atomic mass is 16.7. The topological polar surface area (TPSA) is 63.2 Å². The van der Waals surface area contributed by atoms with Crippen LogP contribution in [0.2, 0.25) is 0 Å². The van der Waals surface area contributed by atoms with Crippen LogP contribution in [-0.2, 0) is 14.4 Å². The molecular formula is C19H31N3O3. The minimum atomic E-state index is -0.351. The quantitative estimate of drug-likeness (QED) is 0.820. The highest BCUT2D eigenvalue weighted by molar-refractivity contribution is 5.98. The molecule has 1 unspecified atom stereocenters. The molecule has 0 spiro atoms. The highest BCUT2D eigenvalue weighted by Crippen LogP contribution is 2.61. The molecule has 0 bridgehead atoms. The molecule has 1 N–H and O–H groups in total. The number of Topliss-reactive ketones (excluding diaryl/α,β-unsaturated/α-hetero) is 1. The van der Waals surface area contributed by atoms with E-state index < -0.39 is 0 Å². The number of carbonyl (C=O) groups is 1. The molecule has 6 heteroatoms. The van der Waals surface area contributed by atoms with E-state index in [-0.39, 0.29) is 22.9 Å². The largest absolute Gasteiger partial charge is 0.470 e. The van der Waals surface area contributed by atoms with Crippen molar-refractivity contribution in [3.05, 3.63) is 0 Å². The number of carbonyl (C=O) groups excluding carboxylic acids is 1. The zero-order chi connectivity index (χ0) is 17.5. The van der Waals surface area contributed by atoms with Crippen LogP contribution in [0.5, 0.6) is 0 Å². The van der Waals surface area contributed by atoms with E-state index in [9.17, 15) is 4.79 Å². The Morgan fingerprint density at radius 3 is 2.76 bits per heavy atom. The zero-order valence-electron chi connectivity index (χ0n) is 15.6. The van der Waals surface area contributed by atoms with Gasteiger partial charge in [-0.1, -0.05) is 25.4 Å². The van der Waals surface area contributed by atoms with Crippen molar-refractivity contribution in [1.82, 2.24) is 10.2 Å². The van der Waals surface area contributed by atoms with E-state index in [2.05, 4.69) is 15.4 Å². The monoisotopic (exact) mass is 349 g/mol. The van der Waals surface area contributed by atoms with Crippen molar-refractivity contribution in [2.75, 3.05) is 39.3 Å². The maximum Gasteiger partial charge on any atom is 0.234 e. The van der Waals surface area contributed by atoms with Gasteiger partial charge in [-0.15, -0.1) is 0 Å². The number of ether oxygens (including phenoxy) is 1. The number of oxime groups is 1. The summed E-state index contributed by atoms with van der Waals surface area (Å²) in [4.78, 5) is 21.0. The van der Waals surface area contributed by atoms with Crippen LogP contribution in [0, 0.1) is 16.7 Å². The number of hydrogen-bond acceptors (Lipinski definition) is 6. The van der Waals surface area contributed by atoms with Crippen LogP contribution in [0.1, 0.15) is 46.0 Å². The lowest BCUT2D eigenvalue weighted by Crippen LogP contribution is -2.62. The lowest BCUT2D eigenvalue weighted by atomic mass is 9.48. The third-order valence-corrected chi connectivity index (χ3v) is 6.75. The molecule has 1 aliphatic carbocycles. The molecule has 0 aromatic carbocycles. The predicted octanol–water partition coefficient (Wildman–Crippen LogP) is 1.80. The molecule has 1 saturated carbocycles. The fourth-order valence-electron chi connectivity index (χ4n) is 5.23. The number of likely N-dealkylation sites (tertiary alicyclic amines) is 1. The molecule has 3 atom stereocenters. The van der Waals surface area contributed by atoms with E-state index in [0.29, 0.717) is 18.3 Å². The Bertz CT molecular complexity index is 558. The van der Waals surface area contributed by atoms with Crippen LogP contribution in [0.25, 0.3) is 0 Å². The molecule has 0 radical (unpaired) electrons. The first-order valence-electron chi connectivity index (χ1n) is 9.92. The summed E-state index contributed by atoms with van der Waals surface area (Å²) in [5, 5.41) is 7.75. The van der Waals surface area contributed by atoms with Crippen molar-refractivity contribution >= 4 is 11.7 Å². The number of rotatable bonds is 5. The maximum atomic E-state index is 13.0. The van der Waals surface area contributed by atoms with Crippen molar-refractivity contribution < 1.29 is 14.4 Å². The number of fused-ring (bicyclic) bond motifs is 1. The maximum absolute atomic E-state index is 13.0. The van der Waals surface area contributed by atoms with Crippen LogP contribution in [-0.4, -0.2) is 62.0 Å². The van der Waals surface area contributed by atoms with E-state index in [1.54, 1.807) is 0 Å². The molecule has 4 rings (SSSR count). The van der Waals surface area contributed by atoms with Gasteiger partial charge in [-0.2, -0.15) is 0 Å². The summed E-state index contributed by atoms with van der Waals surface area (Å²) in [6, 6.07) is 0. The Morgan fingerprint density at radius 2 is 2.08 bits per heavy atom. The Labute approximate surface area is 150 Å². The lowest BCUT2D eigenvalue weighted by molar-refractivity contribution is -0.145. The van der Waals surface area contributed by atoms with Gasteiger partial charge < -0.3 is 14.9 Å². The normalized spacial score (nSPS) is 38.4. The van der Waals surface area contributed by atoms with Crippen LogP contribution in [0.3, 0.4) is 0 Å². The fourth-order valence-corrected chi connectivity index (χ4v) is 5.23. The summed E-state index contributed by atoms with van der Waals surface area (Å²) in [6.45, 7) is 9.20. The molecule has 3 aliphatic heterocycles. The molecule has 3 heterocycles. The number of piperidine rings is 1. The van der Waals surface area contributed by atoms with Gasteiger partial charge in [0, 0.05) is 25.6 Å². The van der Waals surface area contributed by atoms with Gasteiger partial charge in [-0.25, -0.2) is 0 Å². The average molecular weight is 349 g/mol. The van der Waals surface area contributed by atoms with E-state index in [0.717, 1.165) is 45.6 Å². The molecular weight excluding hydrogens is 318 g/mol. The zero-order valence-corrected chi connectivity index (χ0v) is 15.6. The van der Waals surface area contributed by atoms with E-state index in [4.69, 9.17) is 9.57 Å². The van der Waals surface area contributed by atoms with E-state index in [1.165, 1.54) is 19.3 Å².